The molecule has 0 aliphatic carbocycles. The van der Waals surface area contributed by atoms with E-state index in [0.717, 1.165) is 63.7 Å². The van der Waals surface area contributed by atoms with Gasteiger partial charge in [0.05, 0.1) is 25.9 Å². The minimum atomic E-state index is -4.64. The fourth-order valence-corrected chi connectivity index (χ4v) is 7.10. The molecule has 4 N–H and O–H groups in total. The molecule has 0 fully saturated rings. The number of carbonyl (C=O) groups excluding carboxylic acids is 2. The van der Waals surface area contributed by atoms with E-state index in [0.29, 0.717) is 19.3 Å². The summed E-state index contributed by atoms with van der Waals surface area (Å²) < 4.78 is 32.7. The second-order valence-corrected chi connectivity index (χ2v) is 17.9. The fraction of sp³-hybridized carbons (Fsp3) is 0.792. The van der Waals surface area contributed by atoms with Crippen LogP contribution in [0.5, 0.6) is 0 Å². The second kappa shape index (κ2) is 42.2. The average Bonchev–Trinajstić information content (AvgIpc) is 3.22. The topological polar surface area (TPSA) is 169 Å². The molecule has 4 atom stereocenters. The lowest BCUT2D eigenvalue weighted by molar-refractivity contribution is -0.161. The van der Waals surface area contributed by atoms with Crippen molar-refractivity contribution in [2.75, 3.05) is 26.4 Å². The van der Waals surface area contributed by atoms with Gasteiger partial charge in [-0.25, -0.2) is 4.57 Å². The summed E-state index contributed by atoms with van der Waals surface area (Å²) in [4.78, 5) is 35.1. The number of aliphatic hydroxyl groups excluding tert-OH is 3. The van der Waals surface area contributed by atoms with Crippen LogP contribution >= 0.6 is 7.82 Å². The van der Waals surface area contributed by atoms with E-state index in [2.05, 4.69) is 49.6 Å². The zero-order chi connectivity index (χ0) is 44.4. The smallest absolute Gasteiger partial charge is 0.462 e. The zero-order valence-corrected chi connectivity index (χ0v) is 38.8. The van der Waals surface area contributed by atoms with Crippen molar-refractivity contribution in [3.63, 3.8) is 0 Å². The highest BCUT2D eigenvalue weighted by atomic mass is 31.2. The van der Waals surface area contributed by atoms with Crippen LogP contribution in [0.25, 0.3) is 0 Å². The van der Waals surface area contributed by atoms with E-state index in [1.54, 1.807) is 0 Å². The summed E-state index contributed by atoms with van der Waals surface area (Å²) in [6, 6.07) is 0. The van der Waals surface area contributed by atoms with Crippen LogP contribution in [0.2, 0.25) is 0 Å². The van der Waals surface area contributed by atoms with Crippen LogP contribution < -0.4 is 0 Å². The summed E-state index contributed by atoms with van der Waals surface area (Å²) in [6.45, 7) is 4.51. The van der Waals surface area contributed by atoms with Crippen molar-refractivity contribution < 1.29 is 52.9 Å². The Kier molecular flexibility index (Phi) is 40.7. The van der Waals surface area contributed by atoms with Gasteiger partial charge < -0.3 is 29.7 Å². The van der Waals surface area contributed by atoms with Gasteiger partial charge in [0.15, 0.2) is 6.10 Å². The first-order valence-electron chi connectivity index (χ1n) is 23.5. The van der Waals surface area contributed by atoms with Crippen LogP contribution in [0, 0.1) is 5.92 Å². The molecule has 0 aromatic rings. The molecule has 350 valence electrons. The van der Waals surface area contributed by atoms with Crippen LogP contribution in [0.1, 0.15) is 194 Å². The van der Waals surface area contributed by atoms with Gasteiger partial charge in [-0.1, -0.05) is 185 Å². The number of phosphoric acid groups is 1. The maximum atomic E-state index is 12.6. The lowest BCUT2D eigenvalue weighted by Crippen LogP contribution is -2.29. The summed E-state index contributed by atoms with van der Waals surface area (Å²) in [5.74, 6) is -0.179. The Morgan fingerprint density at radius 3 is 1.60 bits per heavy atom. The number of hydrogen-bond acceptors (Lipinski definition) is 10. The number of unbranched alkanes of at least 4 members (excludes halogenated alkanes) is 17. The van der Waals surface area contributed by atoms with Crippen molar-refractivity contribution in [1.82, 2.24) is 0 Å². The van der Waals surface area contributed by atoms with Gasteiger partial charge in [-0.2, -0.15) is 0 Å². The highest BCUT2D eigenvalue weighted by Crippen LogP contribution is 2.43. The Morgan fingerprint density at radius 2 is 1.07 bits per heavy atom. The Labute approximate surface area is 365 Å². The summed E-state index contributed by atoms with van der Waals surface area (Å²) in [5, 5.41) is 28.2. The minimum Gasteiger partial charge on any atom is -0.462 e. The van der Waals surface area contributed by atoms with Gasteiger partial charge in [0.25, 0.3) is 0 Å². The van der Waals surface area contributed by atoms with E-state index in [1.165, 1.54) is 83.5 Å². The second-order valence-electron chi connectivity index (χ2n) is 16.4. The van der Waals surface area contributed by atoms with Gasteiger partial charge in [0, 0.05) is 12.8 Å². The normalized spacial score (nSPS) is 14.8. The van der Waals surface area contributed by atoms with Gasteiger partial charge in [0.1, 0.15) is 12.7 Å². The molecule has 11 nitrogen and oxygen atoms in total. The number of phosphoric ester groups is 1. The first-order valence-corrected chi connectivity index (χ1v) is 25.0. The van der Waals surface area contributed by atoms with Crippen LogP contribution in [0.4, 0.5) is 0 Å². The SMILES string of the molecule is CCCC[C@@H](O)/C=C\C/C=C\C/C=C\C/C=C\CCCC(=O)O[C@H](COC(=O)CCCCCCCCCCCCCCCCCCC(C)C)COP(=O)(O)OC[C@@H](O)CO. The lowest BCUT2D eigenvalue weighted by Gasteiger charge is -2.20. The van der Waals surface area contributed by atoms with Gasteiger partial charge >= 0.3 is 19.8 Å². The van der Waals surface area contributed by atoms with Gasteiger partial charge in [-0.05, 0) is 50.9 Å². The zero-order valence-electron chi connectivity index (χ0n) is 37.9. The fourth-order valence-electron chi connectivity index (χ4n) is 6.31. The molecule has 0 aliphatic heterocycles. The van der Waals surface area contributed by atoms with Crippen molar-refractivity contribution in [2.24, 2.45) is 5.92 Å². The molecular formula is C48H87O11P. The third-order valence-corrected chi connectivity index (χ3v) is 10.9. The number of aliphatic hydroxyl groups is 3. The number of hydrogen-bond donors (Lipinski definition) is 4. The van der Waals surface area contributed by atoms with E-state index in [1.807, 2.05) is 24.3 Å². The largest absolute Gasteiger partial charge is 0.472 e. The molecule has 60 heavy (non-hydrogen) atoms. The molecule has 0 saturated heterocycles. The first-order chi connectivity index (χ1) is 29.0. The van der Waals surface area contributed by atoms with Crippen molar-refractivity contribution in [1.29, 1.82) is 0 Å². The molecule has 0 spiro atoms. The number of esters is 2. The molecule has 0 aromatic heterocycles. The Hall–Kier alpha value is -2.11. The average molecular weight is 871 g/mol. The Bertz CT molecular complexity index is 1170. The molecule has 0 amide bonds. The number of carbonyl (C=O) groups is 2. The van der Waals surface area contributed by atoms with E-state index in [4.69, 9.17) is 19.1 Å². The summed E-state index contributed by atoms with van der Waals surface area (Å²) in [5.41, 5.74) is 0. The molecule has 0 heterocycles. The number of allylic oxidation sites excluding steroid dienone is 7. The van der Waals surface area contributed by atoms with E-state index >= 15 is 0 Å². The van der Waals surface area contributed by atoms with Crippen LogP contribution in [-0.4, -0.2) is 76.9 Å². The van der Waals surface area contributed by atoms with E-state index < -0.39 is 51.8 Å². The van der Waals surface area contributed by atoms with Gasteiger partial charge in [0.2, 0.25) is 0 Å². The monoisotopic (exact) mass is 871 g/mol. The minimum absolute atomic E-state index is 0.0916. The predicted molar refractivity (Wildman–Crippen MR) is 243 cm³/mol. The highest BCUT2D eigenvalue weighted by molar-refractivity contribution is 7.47. The Balaban J connectivity index is 4.33. The van der Waals surface area contributed by atoms with Crippen LogP contribution in [-0.2, 0) is 32.7 Å². The van der Waals surface area contributed by atoms with Crippen molar-refractivity contribution in [3.05, 3.63) is 48.6 Å². The molecule has 0 aliphatic rings. The molecule has 1 unspecified atom stereocenters. The number of rotatable bonds is 43. The summed E-state index contributed by atoms with van der Waals surface area (Å²) >= 11 is 0. The highest BCUT2D eigenvalue weighted by Gasteiger charge is 2.27. The van der Waals surface area contributed by atoms with Crippen molar-refractivity contribution in [3.8, 4) is 0 Å². The molecule has 0 saturated carbocycles. The van der Waals surface area contributed by atoms with E-state index in [-0.39, 0.29) is 25.6 Å². The Morgan fingerprint density at radius 1 is 0.583 bits per heavy atom. The molecule has 0 rings (SSSR count). The van der Waals surface area contributed by atoms with Crippen molar-refractivity contribution in [2.45, 2.75) is 212 Å². The maximum Gasteiger partial charge on any atom is 0.472 e. The maximum absolute atomic E-state index is 12.6. The van der Waals surface area contributed by atoms with Crippen molar-refractivity contribution >= 4 is 19.8 Å². The number of ether oxygens (including phenoxy) is 2. The molecule has 0 radical (unpaired) electrons. The van der Waals surface area contributed by atoms with Gasteiger partial charge in [-0.3, -0.25) is 18.6 Å². The third kappa shape index (κ3) is 42.6. The summed E-state index contributed by atoms with van der Waals surface area (Å²) in [6.07, 6.45) is 41.4. The summed E-state index contributed by atoms with van der Waals surface area (Å²) in [7, 11) is -4.64. The van der Waals surface area contributed by atoms with Gasteiger partial charge in [-0.15, -0.1) is 0 Å². The lowest BCUT2D eigenvalue weighted by atomic mass is 10.0. The van der Waals surface area contributed by atoms with Crippen LogP contribution in [0.3, 0.4) is 0 Å². The third-order valence-electron chi connectivity index (χ3n) is 9.98. The quantitative estimate of drug-likeness (QED) is 0.0199. The molecular weight excluding hydrogens is 783 g/mol. The predicted octanol–water partition coefficient (Wildman–Crippen LogP) is 11.7. The molecule has 0 bridgehead atoms. The van der Waals surface area contributed by atoms with E-state index in [9.17, 15) is 29.3 Å². The van der Waals surface area contributed by atoms with Crippen LogP contribution in [0.15, 0.2) is 48.6 Å². The molecule has 12 heteroatoms. The standard InChI is InChI=1S/C48H87O11P/c1-4-5-35-44(50)36-31-27-23-19-15-12-13-17-21-25-29-33-38-48(53)59-46(42-58-60(54,55)57-40-45(51)39-49)41-56-47(52)37-32-28-24-20-16-11-9-7-6-8-10-14-18-22-26-30-34-43(2)3/h12-13,19,21,23,25,31,36,43-46,49-51H,4-11,14-18,20,22,24,26-30,32-35,37-42H2,1-3H3,(H,54,55)/b13-12-,23-19-,25-21-,36-31-/t44-,45+,46-/m1/s1. The first kappa shape index (κ1) is 57.9. The molecule has 0 aromatic carbocycles.